The SMILES string of the molecule is COc1ccc(CN2CCNC(C)(C)C2)cc1OC(F)F. The second-order valence-corrected chi connectivity index (χ2v) is 5.89. The fraction of sp³-hybridized carbons (Fsp3) is 0.600. The van der Waals surface area contributed by atoms with E-state index in [0.717, 1.165) is 25.2 Å². The van der Waals surface area contributed by atoms with Gasteiger partial charge in [0.15, 0.2) is 11.5 Å². The molecule has 4 nitrogen and oxygen atoms in total. The minimum Gasteiger partial charge on any atom is -0.493 e. The molecule has 1 heterocycles. The van der Waals surface area contributed by atoms with E-state index < -0.39 is 6.61 Å². The number of nitrogens with zero attached hydrogens (tertiary/aromatic N) is 1. The first kappa shape index (κ1) is 16.0. The number of nitrogens with one attached hydrogen (secondary N) is 1. The highest BCUT2D eigenvalue weighted by Crippen LogP contribution is 2.30. The zero-order valence-corrected chi connectivity index (χ0v) is 12.7. The van der Waals surface area contributed by atoms with E-state index >= 15 is 0 Å². The Morgan fingerprint density at radius 1 is 1.33 bits per heavy atom. The minimum atomic E-state index is -2.85. The molecule has 0 bridgehead atoms. The van der Waals surface area contributed by atoms with Crippen LogP contribution in [0.15, 0.2) is 18.2 Å². The molecule has 2 rings (SSSR count). The Kier molecular flexibility index (Phi) is 5.00. The molecule has 1 aromatic rings. The van der Waals surface area contributed by atoms with Gasteiger partial charge in [-0.15, -0.1) is 0 Å². The second-order valence-electron chi connectivity index (χ2n) is 5.89. The molecule has 0 aliphatic carbocycles. The average Bonchev–Trinajstić information content (AvgIpc) is 2.37. The maximum Gasteiger partial charge on any atom is 0.387 e. The number of hydrogen-bond donors (Lipinski definition) is 1. The van der Waals surface area contributed by atoms with Crippen LogP contribution in [0.4, 0.5) is 8.78 Å². The van der Waals surface area contributed by atoms with Crippen LogP contribution in [-0.2, 0) is 6.54 Å². The Balaban J connectivity index is 2.09. The molecular formula is C15H22F2N2O2. The van der Waals surface area contributed by atoms with E-state index in [9.17, 15) is 8.78 Å². The van der Waals surface area contributed by atoms with E-state index in [-0.39, 0.29) is 11.3 Å². The van der Waals surface area contributed by atoms with Gasteiger partial charge in [0.05, 0.1) is 7.11 Å². The summed E-state index contributed by atoms with van der Waals surface area (Å²) < 4.78 is 34.4. The van der Waals surface area contributed by atoms with Crippen molar-refractivity contribution in [2.45, 2.75) is 32.5 Å². The summed E-state index contributed by atoms with van der Waals surface area (Å²) in [6, 6.07) is 5.17. The van der Waals surface area contributed by atoms with Gasteiger partial charge >= 0.3 is 6.61 Å². The number of hydrogen-bond acceptors (Lipinski definition) is 4. The summed E-state index contributed by atoms with van der Waals surface area (Å²) in [5.74, 6) is 0.402. The standard InChI is InChI=1S/C15H22F2N2O2/c1-15(2)10-19(7-6-18-15)9-11-4-5-12(20-3)13(8-11)21-14(16)17/h4-5,8,14,18H,6-7,9-10H2,1-3H3. The van der Waals surface area contributed by atoms with Crippen molar-refractivity contribution in [2.24, 2.45) is 0 Å². The summed E-state index contributed by atoms with van der Waals surface area (Å²) in [6.07, 6.45) is 0. The first-order valence-corrected chi connectivity index (χ1v) is 6.99. The molecule has 1 N–H and O–H groups in total. The van der Waals surface area contributed by atoms with E-state index in [1.54, 1.807) is 12.1 Å². The Hall–Kier alpha value is -1.40. The first-order valence-electron chi connectivity index (χ1n) is 6.99. The number of benzene rings is 1. The highest BCUT2D eigenvalue weighted by molar-refractivity contribution is 5.43. The monoisotopic (exact) mass is 300 g/mol. The molecule has 6 heteroatoms. The normalized spacial score (nSPS) is 18.8. The lowest BCUT2D eigenvalue weighted by Gasteiger charge is -2.39. The van der Waals surface area contributed by atoms with Crippen molar-refractivity contribution in [3.63, 3.8) is 0 Å². The van der Waals surface area contributed by atoms with Crippen molar-refractivity contribution in [1.29, 1.82) is 0 Å². The Labute approximate surface area is 124 Å². The third-order valence-electron chi connectivity index (χ3n) is 3.50. The summed E-state index contributed by atoms with van der Waals surface area (Å²) in [5, 5.41) is 3.44. The van der Waals surface area contributed by atoms with Crippen LogP contribution in [0.1, 0.15) is 19.4 Å². The fourth-order valence-corrected chi connectivity index (χ4v) is 2.65. The Morgan fingerprint density at radius 2 is 2.10 bits per heavy atom. The molecule has 1 aliphatic heterocycles. The number of methoxy groups -OCH3 is 1. The van der Waals surface area contributed by atoms with Gasteiger partial charge < -0.3 is 14.8 Å². The average molecular weight is 300 g/mol. The molecule has 0 atom stereocenters. The summed E-state index contributed by atoms with van der Waals surface area (Å²) in [6.45, 7) is 4.91. The van der Waals surface area contributed by atoms with Crippen LogP contribution < -0.4 is 14.8 Å². The van der Waals surface area contributed by atoms with E-state index in [1.165, 1.54) is 7.11 Å². The van der Waals surface area contributed by atoms with Gasteiger partial charge in [-0.2, -0.15) is 8.78 Å². The molecule has 1 aliphatic rings. The van der Waals surface area contributed by atoms with Crippen LogP contribution in [0, 0.1) is 0 Å². The molecule has 0 unspecified atom stereocenters. The van der Waals surface area contributed by atoms with Gasteiger partial charge in [0.2, 0.25) is 0 Å². The van der Waals surface area contributed by atoms with Crippen LogP contribution in [-0.4, -0.2) is 43.8 Å². The van der Waals surface area contributed by atoms with Gasteiger partial charge in [0.25, 0.3) is 0 Å². The lowest BCUT2D eigenvalue weighted by Crippen LogP contribution is -2.56. The maximum atomic E-state index is 12.4. The van der Waals surface area contributed by atoms with Crippen molar-refractivity contribution >= 4 is 0 Å². The first-order chi connectivity index (χ1) is 9.89. The highest BCUT2D eigenvalue weighted by atomic mass is 19.3. The summed E-state index contributed by atoms with van der Waals surface area (Å²) >= 11 is 0. The molecule has 0 radical (unpaired) electrons. The van der Waals surface area contributed by atoms with Crippen molar-refractivity contribution in [3.8, 4) is 11.5 Å². The van der Waals surface area contributed by atoms with Gasteiger partial charge in [-0.3, -0.25) is 4.90 Å². The topological polar surface area (TPSA) is 33.7 Å². The third kappa shape index (κ3) is 4.54. The quantitative estimate of drug-likeness (QED) is 0.906. The van der Waals surface area contributed by atoms with Crippen molar-refractivity contribution in [2.75, 3.05) is 26.7 Å². The number of ether oxygens (including phenoxy) is 2. The van der Waals surface area contributed by atoms with Crippen LogP contribution in [0.2, 0.25) is 0 Å². The van der Waals surface area contributed by atoms with Gasteiger partial charge in [0, 0.05) is 31.7 Å². The number of piperazine rings is 1. The fourth-order valence-electron chi connectivity index (χ4n) is 2.65. The highest BCUT2D eigenvalue weighted by Gasteiger charge is 2.25. The molecule has 0 saturated carbocycles. The third-order valence-corrected chi connectivity index (χ3v) is 3.50. The Bertz CT molecular complexity index is 481. The molecule has 0 aromatic heterocycles. The number of halogens is 2. The van der Waals surface area contributed by atoms with Crippen molar-refractivity contribution in [3.05, 3.63) is 23.8 Å². The second kappa shape index (κ2) is 6.58. The summed E-state index contributed by atoms with van der Waals surface area (Å²) in [7, 11) is 1.44. The van der Waals surface area contributed by atoms with Crippen LogP contribution in [0.3, 0.4) is 0 Å². The van der Waals surface area contributed by atoms with Crippen molar-refractivity contribution < 1.29 is 18.3 Å². The van der Waals surface area contributed by atoms with Gasteiger partial charge in [0.1, 0.15) is 0 Å². The van der Waals surface area contributed by atoms with Gasteiger partial charge in [-0.25, -0.2) is 0 Å². The van der Waals surface area contributed by atoms with Crippen molar-refractivity contribution in [1.82, 2.24) is 10.2 Å². The zero-order chi connectivity index (χ0) is 15.5. The van der Waals surface area contributed by atoms with Crippen LogP contribution in [0.5, 0.6) is 11.5 Å². The van der Waals surface area contributed by atoms with Gasteiger partial charge in [-0.1, -0.05) is 6.07 Å². The molecule has 21 heavy (non-hydrogen) atoms. The zero-order valence-electron chi connectivity index (χ0n) is 12.7. The summed E-state index contributed by atoms with van der Waals surface area (Å²) in [4.78, 5) is 2.30. The smallest absolute Gasteiger partial charge is 0.387 e. The number of rotatable bonds is 5. The van der Waals surface area contributed by atoms with Crippen LogP contribution >= 0.6 is 0 Å². The lowest BCUT2D eigenvalue weighted by molar-refractivity contribution is -0.0512. The molecule has 0 spiro atoms. The largest absolute Gasteiger partial charge is 0.493 e. The number of alkyl halides is 2. The lowest BCUT2D eigenvalue weighted by atomic mass is 10.0. The predicted octanol–water partition coefficient (Wildman–Crippen LogP) is 2.48. The van der Waals surface area contributed by atoms with E-state index in [1.807, 2.05) is 6.07 Å². The molecular weight excluding hydrogens is 278 g/mol. The molecule has 1 fully saturated rings. The van der Waals surface area contributed by atoms with E-state index in [0.29, 0.717) is 12.3 Å². The predicted molar refractivity (Wildman–Crippen MR) is 77.0 cm³/mol. The van der Waals surface area contributed by atoms with Gasteiger partial charge in [-0.05, 0) is 31.5 Å². The van der Waals surface area contributed by atoms with E-state index in [2.05, 4.69) is 28.8 Å². The minimum absolute atomic E-state index is 0.0625. The maximum absolute atomic E-state index is 12.4. The Morgan fingerprint density at radius 3 is 2.71 bits per heavy atom. The molecule has 1 saturated heterocycles. The molecule has 0 amide bonds. The molecule has 118 valence electrons. The molecule has 1 aromatic carbocycles. The van der Waals surface area contributed by atoms with E-state index in [4.69, 9.17) is 4.74 Å². The summed E-state index contributed by atoms with van der Waals surface area (Å²) in [5.41, 5.74) is 0.997. The van der Waals surface area contributed by atoms with Crippen LogP contribution in [0.25, 0.3) is 0 Å².